The Morgan fingerprint density at radius 1 is 1.21 bits per heavy atom. The molecule has 1 aliphatic carbocycles. The number of hydrogen-bond donors (Lipinski definition) is 2. The van der Waals surface area contributed by atoms with Gasteiger partial charge in [-0.3, -0.25) is 4.79 Å². The van der Waals surface area contributed by atoms with E-state index in [-0.39, 0.29) is 17.6 Å². The molecule has 0 bridgehead atoms. The van der Waals surface area contributed by atoms with Crippen LogP contribution in [0.1, 0.15) is 25.7 Å². The molecule has 0 amide bonds. The Morgan fingerprint density at radius 2 is 1.97 bits per heavy atom. The lowest BCUT2D eigenvalue weighted by atomic mass is 9.99. The molecule has 2 aliphatic heterocycles. The summed E-state index contributed by atoms with van der Waals surface area (Å²) in [6.45, 7) is 0.616. The van der Waals surface area contributed by atoms with Gasteiger partial charge in [0.25, 0.3) is 5.56 Å². The van der Waals surface area contributed by atoms with E-state index in [1.54, 1.807) is 19.3 Å². The van der Waals surface area contributed by atoms with E-state index in [4.69, 9.17) is 16.3 Å². The van der Waals surface area contributed by atoms with Gasteiger partial charge in [-0.25, -0.2) is 13.8 Å². The molecule has 2 N–H and O–H groups in total. The smallest absolute Gasteiger partial charge is 0.301 e. The highest BCUT2D eigenvalue weighted by molar-refractivity contribution is 6.33. The van der Waals surface area contributed by atoms with Crippen molar-refractivity contribution in [3.63, 3.8) is 0 Å². The third kappa shape index (κ3) is 4.44. The van der Waals surface area contributed by atoms with Crippen LogP contribution in [-0.4, -0.2) is 47.5 Å². The van der Waals surface area contributed by atoms with Crippen molar-refractivity contribution in [3.05, 3.63) is 45.8 Å². The lowest BCUT2D eigenvalue weighted by Crippen LogP contribution is -2.44. The number of fused-ring (bicyclic) bond motifs is 3. The first-order valence-corrected chi connectivity index (χ1v) is 13.2. The molecule has 3 aromatic rings. The summed E-state index contributed by atoms with van der Waals surface area (Å²) < 4.78 is 36.7. The maximum Gasteiger partial charge on any atom is 0.301 e. The number of piperidine rings is 1. The molecule has 0 spiro atoms. The third-order valence-corrected chi connectivity index (χ3v) is 8.09. The van der Waals surface area contributed by atoms with Crippen molar-refractivity contribution in [3.8, 4) is 5.75 Å². The fourth-order valence-electron chi connectivity index (χ4n) is 5.40. The van der Waals surface area contributed by atoms with E-state index in [2.05, 4.69) is 20.5 Å². The number of carbonyl (C=O) groups excluding carboxylic acids is 1. The number of aromatic nitrogens is 2. The molecule has 38 heavy (non-hydrogen) atoms. The first-order chi connectivity index (χ1) is 18.2. The predicted octanol–water partition coefficient (Wildman–Crippen LogP) is 4.96. The van der Waals surface area contributed by atoms with Crippen LogP contribution in [0.3, 0.4) is 0 Å². The number of alkyl halides is 2. The minimum absolute atomic E-state index is 0.0805. The van der Waals surface area contributed by atoms with E-state index in [0.29, 0.717) is 45.8 Å². The average Bonchev–Trinajstić information content (AvgIpc) is 3.76. The van der Waals surface area contributed by atoms with Gasteiger partial charge in [0.15, 0.2) is 6.61 Å². The maximum atomic E-state index is 14.9. The van der Waals surface area contributed by atoms with Crippen molar-refractivity contribution >= 4 is 51.7 Å². The lowest BCUT2D eigenvalue weighted by Gasteiger charge is -2.31. The summed E-state index contributed by atoms with van der Waals surface area (Å²) in [5.74, 6) is -2.53. The molecule has 8 nitrogen and oxygen atoms in total. The molecule has 1 aromatic carbocycles. The van der Waals surface area contributed by atoms with E-state index in [0.717, 1.165) is 38.0 Å². The second-order valence-electron chi connectivity index (χ2n) is 10.4. The Labute approximate surface area is 222 Å². The number of ether oxygens (including phenoxy) is 1. The zero-order valence-electron chi connectivity index (χ0n) is 20.8. The van der Waals surface area contributed by atoms with Crippen molar-refractivity contribution in [1.82, 2.24) is 9.55 Å². The molecule has 4 heterocycles. The summed E-state index contributed by atoms with van der Waals surface area (Å²) in [6.07, 6.45) is 5.59. The van der Waals surface area contributed by atoms with Gasteiger partial charge in [-0.2, -0.15) is 0 Å². The number of pyridine rings is 2. The maximum absolute atomic E-state index is 14.9. The highest BCUT2D eigenvalue weighted by Gasteiger charge is 2.51. The van der Waals surface area contributed by atoms with Crippen LogP contribution in [0.15, 0.2) is 35.3 Å². The summed E-state index contributed by atoms with van der Waals surface area (Å²) in [5, 5.41) is 7.34. The lowest BCUT2D eigenvalue weighted by molar-refractivity contribution is -0.111. The topological polar surface area (TPSA) is 88.5 Å². The van der Waals surface area contributed by atoms with E-state index >= 15 is 0 Å². The van der Waals surface area contributed by atoms with Crippen LogP contribution in [0.2, 0.25) is 5.02 Å². The zero-order valence-corrected chi connectivity index (χ0v) is 21.6. The number of carbonyl (C=O) groups is 1. The fourth-order valence-corrected chi connectivity index (χ4v) is 5.55. The second kappa shape index (κ2) is 9.41. The molecule has 3 aliphatic rings. The third-order valence-electron chi connectivity index (χ3n) is 7.79. The molecule has 2 aromatic heterocycles. The second-order valence-corrected chi connectivity index (χ2v) is 10.8. The van der Waals surface area contributed by atoms with Crippen LogP contribution in [0, 0.1) is 11.8 Å². The van der Waals surface area contributed by atoms with Crippen molar-refractivity contribution in [1.29, 1.82) is 0 Å². The number of rotatable bonds is 5. The number of nitrogens with one attached hydrogen (secondary N) is 2. The minimum Gasteiger partial charge on any atom is -0.480 e. The number of halogens is 3. The number of aldehydes is 1. The zero-order chi connectivity index (χ0) is 26.6. The molecule has 6 rings (SSSR count). The van der Waals surface area contributed by atoms with Crippen molar-refractivity contribution < 1.29 is 18.3 Å². The van der Waals surface area contributed by atoms with Crippen molar-refractivity contribution in [2.75, 3.05) is 35.2 Å². The van der Waals surface area contributed by atoms with Crippen molar-refractivity contribution in [2.45, 2.75) is 37.6 Å². The quantitative estimate of drug-likeness (QED) is 0.440. The van der Waals surface area contributed by atoms with Gasteiger partial charge in [-0.05, 0) is 49.8 Å². The number of hydrogen-bond acceptors (Lipinski definition) is 7. The first kappa shape index (κ1) is 24.9. The van der Waals surface area contributed by atoms with Gasteiger partial charge in [0.1, 0.15) is 12.1 Å². The number of aryl methyl sites for hydroxylation is 1. The Balaban J connectivity index is 1.36. The molecule has 1 saturated carbocycles. The van der Waals surface area contributed by atoms with Gasteiger partial charge in [0.05, 0.1) is 34.2 Å². The number of anilines is 4. The Bertz CT molecular complexity index is 1470. The molecule has 0 unspecified atom stereocenters. The minimum atomic E-state index is -3.10. The fraction of sp³-hybridized carbons (Fsp3) is 0.444. The van der Waals surface area contributed by atoms with Gasteiger partial charge in [-0.1, -0.05) is 11.6 Å². The summed E-state index contributed by atoms with van der Waals surface area (Å²) in [6, 6.07) is 6.15. The summed E-state index contributed by atoms with van der Waals surface area (Å²) in [4.78, 5) is 30.7. The average molecular weight is 544 g/mol. The summed E-state index contributed by atoms with van der Waals surface area (Å²) >= 11 is 6.47. The molecule has 0 radical (unpaired) electrons. The normalized spacial score (nSPS) is 21.3. The van der Waals surface area contributed by atoms with Gasteiger partial charge >= 0.3 is 5.92 Å². The standard InChI is InChI=1S/C27H28ClF2N5O3/c1-34-21-5-4-17(32-20-11-22(31-12-19(20)28)35-8-6-15(13-36)7-9-35)10-18(21)23-24(26(34)37)38-14-27(29,30)25(33-23)16-2-3-16/h4-5,10-13,15-16,25,33H,2-3,6-9,14H2,1H3,(H,31,32)/t25-/m0/s1. The summed E-state index contributed by atoms with van der Waals surface area (Å²) in [5.41, 5.74) is 1.72. The Morgan fingerprint density at radius 3 is 2.68 bits per heavy atom. The van der Waals surface area contributed by atoms with Crippen LogP contribution in [0.5, 0.6) is 5.75 Å². The molecule has 1 atom stereocenters. The predicted molar refractivity (Wildman–Crippen MR) is 143 cm³/mol. The molecule has 1 saturated heterocycles. The van der Waals surface area contributed by atoms with E-state index in [1.807, 2.05) is 18.2 Å². The Kier molecular flexibility index (Phi) is 6.17. The van der Waals surface area contributed by atoms with Gasteiger partial charge in [0.2, 0.25) is 5.75 Å². The Hall–Kier alpha value is -3.40. The summed E-state index contributed by atoms with van der Waals surface area (Å²) in [7, 11) is 1.60. The first-order valence-electron chi connectivity index (χ1n) is 12.8. The van der Waals surface area contributed by atoms with Crippen LogP contribution >= 0.6 is 11.6 Å². The van der Waals surface area contributed by atoms with Crippen LogP contribution < -0.4 is 25.8 Å². The van der Waals surface area contributed by atoms with Crippen LogP contribution in [0.25, 0.3) is 10.9 Å². The number of nitrogens with zero attached hydrogens (tertiary/aromatic N) is 3. The van der Waals surface area contributed by atoms with E-state index in [1.165, 1.54) is 4.57 Å². The van der Waals surface area contributed by atoms with E-state index in [9.17, 15) is 18.4 Å². The highest BCUT2D eigenvalue weighted by atomic mass is 35.5. The molecular formula is C27H28ClF2N5O3. The van der Waals surface area contributed by atoms with Gasteiger partial charge in [0, 0.05) is 43.2 Å². The van der Waals surface area contributed by atoms with E-state index < -0.39 is 24.1 Å². The van der Waals surface area contributed by atoms with Gasteiger partial charge < -0.3 is 29.6 Å². The molecule has 11 heteroatoms. The largest absolute Gasteiger partial charge is 0.480 e. The molecule has 2 fully saturated rings. The number of benzene rings is 1. The highest BCUT2D eigenvalue weighted by Crippen LogP contribution is 2.45. The van der Waals surface area contributed by atoms with Crippen molar-refractivity contribution in [2.24, 2.45) is 18.9 Å². The van der Waals surface area contributed by atoms with Crippen LogP contribution in [-0.2, 0) is 11.8 Å². The monoisotopic (exact) mass is 543 g/mol. The van der Waals surface area contributed by atoms with Crippen LogP contribution in [0.4, 0.5) is 31.7 Å². The molecular weight excluding hydrogens is 516 g/mol. The van der Waals surface area contributed by atoms with Gasteiger partial charge in [-0.15, -0.1) is 0 Å². The molecule has 200 valence electrons. The SMILES string of the molecule is Cn1c(=O)c2c(c3cc(Nc4cc(N5CCC(C=O)CC5)ncc4Cl)ccc31)N[C@@H](C1CC1)C(F)(F)CO2.